The third kappa shape index (κ3) is 2.36. The van der Waals surface area contributed by atoms with E-state index in [0.29, 0.717) is 12.4 Å². The fraction of sp³-hybridized carbons (Fsp3) is 0.308. The van der Waals surface area contributed by atoms with E-state index in [-0.39, 0.29) is 5.38 Å². The summed E-state index contributed by atoms with van der Waals surface area (Å²) >= 11 is 7.83. The van der Waals surface area contributed by atoms with E-state index in [2.05, 4.69) is 15.0 Å². The molecule has 7 heteroatoms. The van der Waals surface area contributed by atoms with E-state index in [1.807, 2.05) is 22.9 Å². The third-order valence-electron chi connectivity index (χ3n) is 2.94. The van der Waals surface area contributed by atoms with Crippen molar-refractivity contribution in [2.75, 3.05) is 7.11 Å². The van der Waals surface area contributed by atoms with Crippen molar-refractivity contribution >= 4 is 34.1 Å². The molecule has 0 amide bonds. The zero-order valence-corrected chi connectivity index (χ0v) is 12.6. The van der Waals surface area contributed by atoms with Gasteiger partial charge in [-0.2, -0.15) is 4.98 Å². The molecule has 0 aromatic carbocycles. The third-order valence-corrected chi connectivity index (χ3v) is 3.90. The summed E-state index contributed by atoms with van der Waals surface area (Å²) in [5.41, 5.74) is 1.58. The maximum Gasteiger partial charge on any atom is 0.215 e. The fourth-order valence-corrected chi connectivity index (χ4v) is 2.81. The van der Waals surface area contributed by atoms with Gasteiger partial charge in [-0.3, -0.25) is 0 Å². The van der Waals surface area contributed by atoms with Gasteiger partial charge >= 0.3 is 0 Å². The number of alkyl halides is 1. The van der Waals surface area contributed by atoms with Gasteiger partial charge in [0.2, 0.25) is 5.88 Å². The molecule has 0 radical (unpaired) electrons. The Morgan fingerprint density at radius 3 is 2.90 bits per heavy atom. The fourth-order valence-electron chi connectivity index (χ4n) is 2.04. The Balaban J connectivity index is 2.16. The molecule has 3 heterocycles. The highest BCUT2D eigenvalue weighted by molar-refractivity contribution is 7.09. The second-order valence-electron chi connectivity index (χ2n) is 4.29. The van der Waals surface area contributed by atoms with Gasteiger partial charge in [0, 0.05) is 17.6 Å². The van der Waals surface area contributed by atoms with E-state index >= 15 is 0 Å². The first-order chi connectivity index (χ1) is 9.69. The van der Waals surface area contributed by atoms with E-state index in [0.717, 1.165) is 22.0 Å². The number of methoxy groups -OCH3 is 1. The first-order valence-electron chi connectivity index (χ1n) is 6.12. The Kier molecular flexibility index (Phi) is 3.58. The summed E-state index contributed by atoms with van der Waals surface area (Å²) < 4.78 is 7.18. The van der Waals surface area contributed by atoms with E-state index < -0.39 is 0 Å². The molecule has 104 valence electrons. The lowest BCUT2D eigenvalue weighted by Crippen LogP contribution is -2.06. The van der Waals surface area contributed by atoms with Crippen LogP contribution in [0.2, 0.25) is 0 Å². The molecule has 0 saturated carbocycles. The van der Waals surface area contributed by atoms with Gasteiger partial charge in [0.1, 0.15) is 16.3 Å². The lowest BCUT2D eigenvalue weighted by molar-refractivity contribution is 0.399. The smallest absolute Gasteiger partial charge is 0.215 e. The molecule has 3 aromatic heterocycles. The van der Waals surface area contributed by atoms with Crippen LogP contribution in [0.4, 0.5) is 0 Å². The molecule has 1 unspecified atom stereocenters. The van der Waals surface area contributed by atoms with Gasteiger partial charge < -0.3 is 9.30 Å². The van der Waals surface area contributed by atoms with Crippen molar-refractivity contribution in [1.29, 1.82) is 0 Å². The van der Waals surface area contributed by atoms with Gasteiger partial charge in [-0.05, 0) is 13.0 Å². The first-order valence-corrected chi connectivity index (χ1v) is 7.44. The molecule has 0 fully saturated rings. The number of thiazole rings is 1. The van der Waals surface area contributed by atoms with Crippen molar-refractivity contribution in [2.45, 2.75) is 18.8 Å². The standard InChI is InChI=1S/C13H13ClN4OS/c1-8(14)12-16-9-3-4-10(19-2)17-13(9)18(12)7-11-15-5-6-20-11/h3-6,8H,7H2,1-2H3. The zero-order chi connectivity index (χ0) is 14.1. The minimum atomic E-state index is -0.199. The van der Waals surface area contributed by atoms with Crippen LogP contribution in [-0.2, 0) is 6.54 Å². The van der Waals surface area contributed by atoms with Crippen LogP contribution in [0.5, 0.6) is 5.88 Å². The first kappa shape index (κ1) is 13.3. The van der Waals surface area contributed by atoms with E-state index in [1.54, 1.807) is 30.7 Å². The summed E-state index contributed by atoms with van der Waals surface area (Å²) in [7, 11) is 1.60. The zero-order valence-electron chi connectivity index (χ0n) is 11.1. The maximum atomic E-state index is 6.23. The van der Waals surface area contributed by atoms with Crippen LogP contribution < -0.4 is 4.74 Å². The molecule has 0 N–H and O–H groups in total. The van der Waals surface area contributed by atoms with Gasteiger partial charge in [-0.1, -0.05) is 0 Å². The minimum absolute atomic E-state index is 0.199. The number of hydrogen-bond donors (Lipinski definition) is 0. The molecule has 20 heavy (non-hydrogen) atoms. The summed E-state index contributed by atoms with van der Waals surface area (Å²) in [6.45, 7) is 2.51. The second kappa shape index (κ2) is 5.38. The summed E-state index contributed by atoms with van der Waals surface area (Å²) in [6.07, 6.45) is 1.79. The molecular formula is C13H13ClN4OS. The summed E-state index contributed by atoms with van der Waals surface area (Å²) in [5.74, 6) is 1.35. The van der Waals surface area contributed by atoms with Gasteiger partial charge in [0.05, 0.1) is 19.0 Å². The summed E-state index contributed by atoms with van der Waals surface area (Å²) in [6, 6.07) is 3.69. The molecule has 0 aliphatic heterocycles. The average molecular weight is 309 g/mol. The van der Waals surface area contributed by atoms with Crippen LogP contribution in [0.15, 0.2) is 23.7 Å². The Morgan fingerprint density at radius 1 is 1.40 bits per heavy atom. The molecule has 1 atom stereocenters. The molecular weight excluding hydrogens is 296 g/mol. The lowest BCUT2D eigenvalue weighted by atomic mass is 10.4. The normalized spacial score (nSPS) is 12.8. The van der Waals surface area contributed by atoms with Gasteiger partial charge in [-0.25, -0.2) is 9.97 Å². The molecule has 0 saturated heterocycles. The Bertz CT molecular complexity index is 723. The highest BCUT2D eigenvalue weighted by Gasteiger charge is 2.17. The average Bonchev–Trinajstić information content (AvgIpc) is 3.07. The Hall–Kier alpha value is -1.66. The minimum Gasteiger partial charge on any atom is -0.481 e. The second-order valence-corrected chi connectivity index (χ2v) is 5.93. The summed E-state index contributed by atoms with van der Waals surface area (Å²) in [4.78, 5) is 13.3. The van der Waals surface area contributed by atoms with Crippen LogP contribution in [0.25, 0.3) is 11.2 Å². The SMILES string of the molecule is COc1ccc2nc(C(C)Cl)n(Cc3nccs3)c2n1. The molecule has 0 bridgehead atoms. The predicted molar refractivity (Wildman–Crippen MR) is 79.6 cm³/mol. The molecule has 5 nitrogen and oxygen atoms in total. The number of aromatic nitrogens is 4. The largest absolute Gasteiger partial charge is 0.481 e. The van der Waals surface area contributed by atoms with Crippen molar-refractivity contribution < 1.29 is 4.74 Å². The maximum absolute atomic E-state index is 6.23. The monoisotopic (exact) mass is 308 g/mol. The molecule has 0 aliphatic carbocycles. The van der Waals surface area contributed by atoms with Crippen LogP contribution in [0.1, 0.15) is 23.1 Å². The van der Waals surface area contributed by atoms with Gasteiger partial charge in [0.15, 0.2) is 5.65 Å². The molecule has 0 spiro atoms. The predicted octanol–water partition coefficient (Wildman–Crippen LogP) is 3.24. The number of imidazole rings is 1. The van der Waals surface area contributed by atoms with Crippen molar-refractivity contribution in [1.82, 2.24) is 19.5 Å². The quantitative estimate of drug-likeness (QED) is 0.694. The number of fused-ring (bicyclic) bond motifs is 1. The lowest BCUT2D eigenvalue weighted by Gasteiger charge is -2.08. The number of rotatable bonds is 4. The molecule has 3 rings (SSSR count). The number of nitrogens with zero attached hydrogens (tertiary/aromatic N) is 4. The van der Waals surface area contributed by atoms with Crippen LogP contribution in [0.3, 0.4) is 0 Å². The summed E-state index contributed by atoms with van der Waals surface area (Å²) in [5, 5.41) is 2.74. The van der Waals surface area contributed by atoms with E-state index in [9.17, 15) is 0 Å². The van der Waals surface area contributed by atoms with E-state index in [1.165, 1.54) is 0 Å². The molecule has 3 aromatic rings. The van der Waals surface area contributed by atoms with E-state index in [4.69, 9.17) is 16.3 Å². The number of hydrogen-bond acceptors (Lipinski definition) is 5. The number of halogens is 1. The van der Waals surface area contributed by atoms with Crippen LogP contribution >= 0.6 is 22.9 Å². The topological polar surface area (TPSA) is 52.8 Å². The van der Waals surface area contributed by atoms with Crippen LogP contribution in [0, 0.1) is 0 Å². The Morgan fingerprint density at radius 2 is 2.25 bits per heavy atom. The highest BCUT2D eigenvalue weighted by atomic mass is 35.5. The van der Waals surface area contributed by atoms with Gasteiger partial charge in [0.25, 0.3) is 0 Å². The van der Waals surface area contributed by atoms with Gasteiger partial charge in [-0.15, -0.1) is 22.9 Å². The molecule has 0 aliphatic rings. The highest BCUT2D eigenvalue weighted by Crippen LogP contribution is 2.26. The number of pyridine rings is 1. The van der Waals surface area contributed by atoms with Crippen LogP contribution in [-0.4, -0.2) is 26.6 Å². The van der Waals surface area contributed by atoms with Crippen molar-refractivity contribution in [2.24, 2.45) is 0 Å². The van der Waals surface area contributed by atoms with Crippen molar-refractivity contribution in [3.63, 3.8) is 0 Å². The number of ether oxygens (including phenoxy) is 1. The van der Waals surface area contributed by atoms with Crippen molar-refractivity contribution in [3.05, 3.63) is 34.5 Å². The Labute approximate surface area is 125 Å². The van der Waals surface area contributed by atoms with Crippen molar-refractivity contribution in [3.8, 4) is 5.88 Å².